The third-order valence-electron chi connectivity index (χ3n) is 3.21. The lowest BCUT2D eigenvalue weighted by Gasteiger charge is -2.34. The minimum absolute atomic E-state index is 0.110. The Bertz CT molecular complexity index is 417. The van der Waals surface area contributed by atoms with Gasteiger partial charge in [-0.25, -0.2) is 0 Å². The SMILES string of the molecule is CCOCC(=O)N1CCN(Cc2sccc2Br)CC1. The van der Waals surface area contributed by atoms with Crippen LogP contribution in [0.5, 0.6) is 0 Å². The maximum atomic E-state index is 11.8. The third kappa shape index (κ3) is 4.27. The lowest BCUT2D eigenvalue weighted by Crippen LogP contribution is -2.49. The van der Waals surface area contributed by atoms with E-state index >= 15 is 0 Å². The molecule has 2 heterocycles. The van der Waals surface area contributed by atoms with Crippen LogP contribution in [0.1, 0.15) is 11.8 Å². The van der Waals surface area contributed by atoms with Crippen molar-refractivity contribution in [3.05, 3.63) is 20.8 Å². The highest BCUT2D eigenvalue weighted by molar-refractivity contribution is 9.10. The Kier molecular flexibility index (Phi) is 5.81. The number of amides is 1. The van der Waals surface area contributed by atoms with Gasteiger partial charge in [-0.15, -0.1) is 11.3 Å². The molecule has 0 spiro atoms. The minimum atomic E-state index is 0.110. The molecule has 6 heteroatoms. The molecule has 0 unspecified atom stereocenters. The van der Waals surface area contributed by atoms with Gasteiger partial charge in [-0.1, -0.05) is 0 Å². The number of hydrogen-bond donors (Lipinski definition) is 0. The van der Waals surface area contributed by atoms with E-state index in [1.807, 2.05) is 11.8 Å². The molecule has 1 aromatic heterocycles. The molecule has 2 rings (SSSR count). The number of piperazine rings is 1. The summed E-state index contributed by atoms with van der Waals surface area (Å²) in [6, 6.07) is 2.09. The molecule has 0 aliphatic carbocycles. The molecule has 4 nitrogen and oxygen atoms in total. The normalized spacial score (nSPS) is 16.8. The van der Waals surface area contributed by atoms with E-state index in [1.54, 1.807) is 11.3 Å². The lowest BCUT2D eigenvalue weighted by atomic mass is 10.3. The summed E-state index contributed by atoms with van der Waals surface area (Å²) in [5, 5.41) is 2.10. The van der Waals surface area contributed by atoms with Gasteiger partial charge in [0.25, 0.3) is 0 Å². The molecule has 19 heavy (non-hydrogen) atoms. The topological polar surface area (TPSA) is 32.8 Å². The van der Waals surface area contributed by atoms with E-state index in [0.717, 1.165) is 32.7 Å². The van der Waals surface area contributed by atoms with Crippen molar-refractivity contribution in [2.45, 2.75) is 13.5 Å². The van der Waals surface area contributed by atoms with E-state index in [4.69, 9.17) is 4.74 Å². The second-order valence-electron chi connectivity index (χ2n) is 4.49. The van der Waals surface area contributed by atoms with Crippen molar-refractivity contribution in [2.75, 3.05) is 39.4 Å². The molecule has 0 radical (unpaired) electrons. The summed E-state index contributed by atoms with van der Waals surface area (Å²) in [5.74, 6) is 0.110. The first-order valence-corrected chi connectivity index (χ1v) is 8.17. The van der Waals surface area contributed by atoms with Crippen LogP contribution in [0, 0.1) is 0 Å². The molecule has 1 amide bonds. The first-order valence-electron chi connectivity index (χ1n) is 6.50. The molecule has 1 fully saturated rings. The van der Waals surface area contributed by atoms with Crippen molar-refractivity contribution in [1.82, 2.24) is 9.80 Å². The van der Waals surface area contributed by atoms with E-state index in [9.17, 15) is 4.79 Å². The van der Waals surface area contributed by atoms with Gasteiger partial charge in [0.1, 0.15) is 6.61 Å². The largest absolute Gasteiger partial charge is 0.372 e. The number of carbonyl (C=O) groups excluding carboxylic acids is 1. The second kappa shape index (κ2) is 7.38. The van der Waals surface area contributed by atoms with Crippen molar-refractivity contribution in [3.8, 4) is 0 Å². The molecule has 1 aliphatic heterocycles. The van der Waals surface area contributed by atoms with E-state index in [-0.39, 0.29) is 12.5 Å². The van der Waals surface area contributed by atoms with Crippen molar-refractivity contribution in [2.24, 2.45) is 0 Å². The van der Waals surface area contributed by atoms with Crippen LogP contribution in [0.4, 0.5) is 0 Å². The number of rotatable bonds is 5. The number of hydrogen-bond acceptors (Lipinski definition) is 4. The lowest BCUT2D eigenvalue weighted by molar-refractivity contribution is -0.137. The van der Waals surface area contributed by atoms with Gasteiger partial charge in [-0.2, -0.15) is 0 Å². The zero-order valence-corrected chi connectivity index (χ0v) is 13.5. The third-order valence-corrected chi connectivity index (χ3v) is 5.12. The van der Waals surface area contributed by atoms with Crippen molar-refractivity contribution >= 4 is 33.2 Å². The molecular formula is C13H19BrN2O2S. The first kappa shape index (κ1) is 15.0. The molecule has 1 aliphatic rings. The van der Waals surface area contributed by atoms with E-state index in [0.29, 0.717) is 6.61 Å². The summed E-state index contributed by atoms with van der Waals surface area (Å²) in [6.45, 7) is 7.15. The fourth-order valence-corrected chi connectivity index (χ4v) is 3.60. The Morgan fingerprint density at radius 2 is 2.16 bits per heavy atom. The standard InChI is InChI=1S/C13H19BrN2O2S/c1-2-18-10-13(17)16-6-4-15(5-7-16)9-12-11(14)3-8-19-12/h3,8H,2,4-7,9-10H2,1H3. The molecule has 0 atom stereocenters. The highest BCUT2D eigenvalue weighted by Crippen LogP contribution is 2.24. The number of ether oxygens (including phenoxy) is 1. The Hall–Kier alpha value is -0.430. The summed E-state index contributed by atoms with van der Waals surface area (Å²) in [6.07, 6.45) is 0. The summed E-state index contributed by atoms with van der Waals surface area (Å²) in [7, 11) is 0. The smallest absolute Gasteiger partial charge is 0.248 e. The van der Waals surface area contributed by atoms with Gasteiger partial charge in [-0.3, -0.25) is 9.69 Å². The monoisotopic (exact) mass is 346 g/mol. The van der Waals surface area contributed by atoms with Crippen LogP contribution in [0.25, 0.3) is 0 Å². The van der Waals surface area contributed by atoms with Crippen LogP contribution < -0.4 is 0 Å². The molecule has 106 valence electrons. The molecule has 1 aromatic rings. The van der Waals surface area contributed by atoms with Crippen molar-refractivity contribution in [1.29, 1.82) is 0 Å². The Labute approximate surface area is 126 Å². The average Bonchev–Trinajstić information content (AvgIpc) is 2.82. The molecule has 0 saturated carbocycles. The van der Waals surface area contributed by atoms with Crippen LogP contribution in [0.15, 0.2) is 15.9 Å². The van der Waals surface area contributed by atoms with Crippen LogP contribution in [-0.4, -0.2) is 55.1 Å². The molecular weight excluding hydrogens is 328 g/mol. The summed E-state index contributed by atoms with van der Waals surface area (Å²) >= 11 is 5.33. The van der Waals surface area contributed by atoms with Gasteiger partial charge < -0.3 is 9.64 Å². The molecule has 1 saturated heterocycles. The Morgan fingerprint density at radius 3 is 2.74 bits per heavy atom. The van der Waals surface area contributed by atoms with Crippen LogP contribution in [-0.2, 0) is 16.1 Å². The first-order chi connectivity index (χ1) is 9.20. The summed E-state index contributed by atoms with van der Waals surface area (Å²) < 4.78 is 6.35. The molecule has 0 aromatic carbocycles. The van der Waals surface area contributed by atoms with Gasteiger partial charge in [0.05, 0.1) is 0 Å². The van der Waals surface area contributed by atoms with Crippen molar-refractivity contribution in [3.63, 3.8) is 0 Å². The molecule has 0 N–H and O–H groups in total. The average molecular weight is 347 g/mol. The Balaban J connectivity index is 1.76. The van der Waals surface area contributed by atoms with Crippen LogP contribution >= 0.6 is 27.3 Å². The summed E-state index contributed by atoms with van der Waals surface area (Å²) in [4.78, 5) is 17.5. The number of nitrogens with zero attached hydrogens (tertiary/aromatic N) is 2. The van der Waals surface area contributed by atoms with Crippen LogP contribution in [0.3, 0.4) is 0 Å². The van der Waals surface area contributed by atoms with Crippen LogP contribution in [0.2, 0.25) is 0 Å². The Morgan fingerprint density at radius 1 is 1.42 bits per heavy atom. The van der Waals surface area contributed by atoms with E-state index in [1.165, 1.54) is 9.35 Å². The van der Waals surface area contributed by atoms with Gasteiger partial charge >= 0.3 is 0 Å². The van der Waals surface area contributed by atoms with Crippen molar-refractivity contribution < 1.29 is 9.53 Å². The fraction of sp³-hybridized carbons (Fsp3) is 0.615. The van der Waals surface area contributed by atoms with Gasteiger partial charge in [-0.05, 0) is 34.3 Å². The minimum Gasteiger partial charge on any atom is -0.372 e. The maximum absolute atomic E-state index is 11.8. The fourth-order valence-electron chi connectivity index (χ4n) is 2.08. The summed E-state index contributed by atoms with van der Waals surface area (Å²) in [5.41, 5.74) is 0. The van der Waals surface area contributed by atoms with Gasteiger partial charge in [0, 0.05) is 48.7 Å². The van der Waals surface area contributed by atoms with Gasteiger partial charge in [0.2, 0.25) is 5.91 Å². The maximum Gasteiger partial charge on any atom is 0.248 e. The van der Waals surface area contributed by atoms with E-state index in [2.05, 4.69) is 32.3 Å². The quantitative estimate of drug-likeness (QED) is 0.819. The predicted octanol–water partition coefficient (Wildman–Crippen LogP) is 2.19. The highest BCUT2D eigenvalue weighted by Gasteiger charge is 2.21. The molecule has 0 bridgehead atoms. The highest BCUT2D eigenvalue weighted by atomic mass is 79.9. The number of halogens is 1. The number of thiophene rings is 1. The zero-order chi connectivity index (χ0) is 13.7. The van der Waals surface area contributed by atoms with E-state index < -0.39 is 0 Å². The number of carbonyl (C=O) groups is 1. The zero-order valence-electron chi connectivity index (χ0n) is 11.1. The van der Waals surface area contributed by atoms with Gasteiger partial charge in [0.15, 0.2) is 0 Å². The predicted molar refractivity (Wildman–Crippen MR) is 80.4 cm³/mol. The second-order valence-corrected chi connectivity index (χ2v) is 6.34.